The lowest BCUT2D eigenvalue weighted by molar-refractivity contribution is -0.117. The van der Waals surface area contributed by atoms with Crippen LogP contribution in [0.25, 0.3) is 0 Å². The first-order valence-corrected chi connectivity index (χ1v) is 11.5. The first kappa shape index (κ1) is 23.9. The largest absolute Gasteiger partial charge is 0.348 e. The van der Waals surface area contributed by atoms with Gasteiger partial charge in [-0.15, -0.1) is 6.58 Å². The topological polar surface area (TPSA) is 73.2 Å². The van der Waals surface area contributed by atoms with Crippen molar-refractivity contribution in [3.05, 3.63) is 86.4 Å². The van der Waals surface area contributed by atoms with Crippen LogP contribution < -0.4 is 10.2 Å². The average molecular weight is 486 g/mol. The molecule has 164 valence electrons. The number of hydrogen-bond donors (Lipinski definition) is 1. The van der Waals surface area contributed by atoms with Crippen LogP contribution in [-0.2, 0) is 16.0 Å². The van der Waals surface area contributed by atoms with E-state index in [0.29, 0.717) is 27.2 Å². The van der Waals surface area contributed by atoms with Gasteiger partial charge in [-0.25, -0.2) is 0 Å². The fourth-order valence-corrected chi connectivity index (χ4v) is 4.94. The number of rotatable bonds is 6. The quantitative estimate of drug-likeness (QED) is 0.340. The minimum absolute atomic E-state index is 0.122. The van der Waals surface area contributed by atoms with E-state index in [1.807, 2.05) is 44.2 Å². The monoisotopic (exact) mass is 485 g/mol. The Morgan fingerprint density at radius 2 is 2.03 bits per heavy atom. The van der Waals surface area contributed by atoms with E-state index in [1.165, 1.54) is 22.7 Å². The summed E-state index contributed by atoms with van der Waals surface area (Å²) in [5.41, 5.74) is 3.27. The Hall–Kier alpha value is -2.72. The van der Waals surface area contributed by atoms with Crippen LogP contribution in [0.5, 0.6) is 0 Å². The van der Waals surface area contributed by atoms with Crippen molar-refractivity contribution in [3.63, 3.8) is 0 Å². The van der Waals surface area contributed by atoms with Gasteiger partial charge in [-0.1, -0.05) is 59.2 Å². The Morgan fingerprint density at radius 3 is 2.69 bits per heavy atom. The van der Waals surface area contributed by atoms with E-state index in [0.717, 1.165) is 16.7 Å². The zero-order chi connectivity index (χ0) is 23.4. The second-order valence-electron chi connectivity index (χ2n) is 7.26. The molecule has 1 aliphatic rings. The number of carbonyl (C=O) groups excluding carboxylic acids is 2. The van der Waals surface area contributed by atoms with E-state index in [-0.39, 0.29) is 18.0 Å². The molecule has 1 aliphatic heterocycles. The molecule has 2 amide bonds. The lowest BCUT2D eigenvalue weighted by atomic mass is 10.1. The van der Waals surface area contributed by atoms with Gasteiger partial charge >= 0.3 is 0 Å². The van der Waals surface area contributed by atoms with E-state index in [2.05, 4.69) is 11.9 Å². The van der Waals surface area contributed by atoms with Crippen LogP contribution in [0.1, 0.15) is 16.7 Å². The summed E-state index contributed by atoms with van der Waals surface area (Å²) in [6, 6.07) is 12.8. The number of amides is 2. The van der Waals surface area contributed by atoms with Gasteiger partial charge in [0.25, 0.3) is 5.91 Å². The third-order valence-electron chi connectivity index (χ3n) is 5.10. The molecule has 0 radical (unpaired) electrons. The van der Waals surface area contributed by atoms with Gasteiger partial charge in [0.15, 0.2) is 0 Å². The van der Waals surface area contributed by atoms with Crippen molar-refractivity contribution in [3.8, 4) is 6.07 Å². The molecule has 3 rings (SSSR count). The highest BCUT2D eigenvalue weighted by atomic mass is 35.5. The Labute approximate surface area is 201 Å². The predicted molar refractivity (Wildman–Crippen MR) is 131 cm³/mol. The van der Waals surface area contributed by atoms with Crippen LogP contribution in [0.3, 0.4) is 0 Å². The number of anilines is 1. The molecule has 5 nitrogen and oxygen atoms in total. The van der Waals surface area contributed by atoms with Gasteiger partial charge < -0.3 is 5.32 Å². The zero-order valence-electron chi connectivity index (χ0n) is 17.6. The molecule has 2 aromatic rings. The molecular weight excluding hydrogens is 465 g/mol. The van der Waals surface area contributed by atoms with Gasteiger partial charge in [0.1, 0.15) is 16.7 Å². The molecule has 1 N–H and O–H groups in total. The number of benzene rings is 2. The molecule has 2 aromatic carbocycles. The fraction of sp³-hybridized carbons (Fsp3) is 0.208. The van der Waals surface area contributed by atoms with Crippen LogP contribution in [0.4, 0.5) is 5.69 Å². The van der Waals surface area contributed by atoms with Crippen molar-refractivity contribution in [2.75, 3.05) is 11.4 Å². The van der Waals surface area contributed by atoms with Gasteiger partial charge in [-0.05, 0) is 55.2 Å². The summed E-state index contributed by atoms with van der Waals surface area (Å²) in [7, 11) is 0. The molecule has 1 unspecified atom stereocenters. The highest BCUT2D eigenvalue weighted by Crippen LogP contribution is 2.43. The minimum Gasteiger partial charge on any atom is -0.348 e. The molecule has 32 heavy (non-hydrogen) atoms. The second-order valence-corrected chi connectivity index (χ2v) is 9.23. The number of hydrogen-bond acceptors (Lipinski definition) is 4. The lowest BCUT2D eigenvalue weighted by Crippen LogP contribution is -2.32. The van der Waals surface area contributed by atoms with E-state index in [9.17, 15) is 14.9 Å². The van der Waals surface area contributed by atoms with E-state index >= 15 is 0 Å². The third kappa shape index (κ3) is 4.86. The first-order chi connectivity index (χ1) is 15.3. The normalized spacial score (nSPS) is 17.2. The maximum atomic E-state index is 13.5. The zero-order valence-corrected chi connectivity index (χ0v) is 19.9. The molecule has 1 heterocycles. The molecule has 1 atom stereocenters. The van der Waals surface area contributed by atoms with Gasteiger partial charge in [0, 0.05) is 12.2 Å². The maximum absolute atomic E-state index is 13.5. The summed E-state index contributed by atoms with van der Waals surface area (Å²) in [6.45, 7) is 7.71. The predicted octanol–water partition coefficient (Wildman–Crippen LogP) is 5.34. The van der Waals surface area contributed by atoms with Gasteiger partial charge in [-0.3, -0.25) is 14.5 Å². The van der Waals surface area contributed by atoms with Crippen LogP contribution in [0.2, 0.25) is 10.0 Å². The van der Waals surface area contributed by atoms with Crippen LogP contribution in [0, 0.1) is 25.2 Å². The second kappa shape index (κ2) is 10.3. The first-order valence-electron chi connectivity index (χ1n) is 9.82. The summed E-state index contributed by atoms with van der Waals surface area (Å²) in [5, 5.41) is 12.9. The van der Waals surface area contributed by atoms with Crippen molar-refractivity contribution >= 4 is 52.5 Å². The van der Waals surface area contributed by atoms with Gasteiger partial charge in [0.05, 0.1) is 15.3 Å². The summed E-state index contributed by atoms with van der Waals surface area (Å²) in [5.74, 6) is -0.786. The van der Waals surface area contributed by atoms with Crippen molar-refractivity contribution in [2.24, 2.45) is 0 Å². The number of nitrogens with one attached hydrogen (secondary N) is 1. The molecule has 0 saturated carbocycles. The number of nitrogens with zero attached hydrogens (tertiary/aromatic N) is 2. The molecule has 1 saturated heterocycles. The molecule has 0 bridgehead atoms. The highest BCUT2D eigenvalue weighted by molar-refractivity contribution is 8.05. The molecule has 0 aliphatic carbocycles. The van der Waals surface area contributed by atoms with Gasteiger partial charge in [0.2, 0.25) is 5.91 Å². The summed E-state index contributed by atoms with van der Waals surface area (Å²) in [4.78, 5) is 27.6. The summed E-state index contributed by atoms with van der Waals surface area (Å²) in [6.07, 6.45) is 1.83. The molecule has 8 heteroatoms. The fourth-order valence-electron chi connectivity index (χ4n) is 3.25. The van der Waals surface area contributed by atoms with E-state index in [4.69, 9.17) is 23.2 Å². The molecule has 0 aromatic heterocycles. The third-order valence-corrected chi connectivity index (χ3v) is 7.22. The SMILES string of the molecule is C=CCNC(=O)/C(C#N)=C1\SC(Cc2cccc(Cl)c2Cl)C(=O)N1c1ccc(C)c(C)c1. The minimum atomic E-state index is -0.571. The van der Waals surface area contributed by atoms with Crippen LogP contribution in [-0.4, -0.2) is 23.6 Å². The van der Waals surface area contributed by atoms with E-state index in [1.54, 1.807) is 12.1 Å². The number of carbonyl (C=O) groups is 2. The van der Waals surface area contributed by atoms with Crippen molar-refractivity contribution in [2.45, 2.75) is 25.5 Å². The Kier molecular flexibility index (Phi) is 7.68. The average Bonchev–Trinajstić information content (AvgIpc) is 3.08. The Morgan fingerprint density at radius 1 is 1.28 bits per heavy atom. The molecule has 0 spiro atoms. The summed E-state index contributed by atoms with van der Waals surface area (Å²) >= 11 is 13.7. The number of aryl methyl sites for hydroxylation is 2. The van der Waals surface area contributed by atoms with Gasteiger partial charge in [-0.2, -0.15) is 5.26 Å². The van der Waals surface area contributed by atoms with Crippen molar-refractivity contribution in [1.29, 1.82) is 5.26 Å². The highest BCUT2D eigenvalue weighted by Gasteiger charge is 2.41. The number of nitriles is 1. The smallest absolute Gasteiger partial charge is 0.264 e. The standard InChI is InChI=1S/C24H21Cl2N3O2S/c1-4-10-28-22(30)18(13-27)24-29(17-9-8-14(2)15(3)11-17)23(31)20(32-24)12-16-6-5-7-19(25)21(16)26/h4-9,11,20H,1,10,12H2,2-3H3,(H,28,30)/b24-18-. The number of thioether (sulfide) groups is 1. The maximum Gasteiger partial charge on any atom is 0.264 e. The number of halogens is 2. The van der Waals surface area contributed by atoms with Crippen molar-refractivity contribution in [1.82, 2.24) is 5.32 Å². The van der Waals surface area contributed by atoms with Crippen molar-refractivity contribution < 1.29 is 9.59 Å². The molecule has 1 fully saturated rings. The molecular formula is C24H21Cl2N3O2S. The van der Waals surface area contributed by atoms with Crippen LogP contribution >= 0.6 is 35.0 Å². The Bertz CT molecular complexity index is 1170. The van der Waals surface area contributed by atoms with Crippen LogP contribution in [0.15, 0.2) is 59.7 Å². The van der Waals surface area contributed by atoms with E-state index < -0.39 is 11.2 Å². The lowest BCUT2D eigenvalue weighted by Gasteiger charge is -2.20. The summed E-state index contributed by atoms with van der Waals surface area (Å²) < 4.78 is 0. The Balaban J connectivity index is 2.08.